The summed E-state index contributed by atoms with van der Waals surface area (Å²) in [6.07, 6.45) is 16.1. The lowest BCUT2D eigenvalue weighted by molar-refractivity contribution is 0.211. The molecule has 0 aromatic heterocycles. The fourth-order valence-corrected chi connectivity index (χ4v) is 2.74. The Morgan fingerprint density at radius 1 is 1.24 bits per heavy atom. The third kappa shape index (κ3) is 3.40. The van der Waals surface area contributed by atoms with Crippen molar-refractivity contribution in [2.75, 3.05) is 0 Å². The minimum atomic E-state index is 0.161. The predicted octanol–water partition coefficient (Wildman–Crippen LogP) is 4.07. The summed E-state index contributed by atoms with van der Waals surface area (Å²) < 4.78 is 5.39. The van der Waals surface area contributed by atoms with Gasteiger partial charge in [0.05, 0.1) is 0 Å². The molecule has 1 saturated carbocycles. The van der Waals surface area contributed by atoms with Gasteiger partial charge in [0, 0.05) is 13.3 Å². The summed E-state index contributed by atoms with van der Waals surface area (Å²) in [4.78, 5) is 0. The normalized spacial score (nSPS) is 32.4. The molecule has 2 rings (SSSR count). The monoisotopic (exact) mass is 230 g/mol. The van der Waals surface area contributed by atoms with E-state index in [0.29, 0.717) is 0 Å². The van der Waals surface area contributed by atoms with Gasteiger partial charge < -0.3 is 4.74 Å². The van der Waals surface area contributed by atoms with Gasteiger partial charge in [0.15, 0.2) is 0 Å². The van der Waals surface area contributed by atoms with Crippen molar-refractivity contribution in [1.29, 1.82) is 0 Å². The van der Waals surface area contributed by atoms with Crippen LogP contribution >= 0.6 is 0 Å². The van der Waals surface area contributed by atoms with Gasteiger partial charge in [-0.2, -0.15) is 0 Å². The van der Waals surface area contributed by atoms with Crippen LogP contribution in [0.25, 0.3) is 0 Å². The second-order valence-electron chi connectivity index (χ2n) is 5.26. The Kier molecular flexibility index (Phi) is 4.31. The molecule has 0 spiro atoms. The second-order valence-corrected chi connectivity index (χ2v) is 5.26. The predicted molar refractivity (Wildman–Crippen MR) is 71.3 cm³/mol. The topological polar surface area (TPSA) is 9.23 Å². The van der Waals surface area contributed by atoms with Crippen LogP contribution in [0, 0.1) is 23.9 Å². The lowest BCUT2D eigenvalue weighted by Gasteiger charge is -2.28. The number of ether oxygens (including phenoxy) is 1. The zero-order valence-electron chi connectivity index (χ0n) is 10.9. The van der Waals surface area contributed by atoms with E-state index in [1.54, 1.807) is 6.92 Å². The van der Waals surface area contributed by atoms with Crippen LogP contribution < -0.4 is 0 Å². The minimum absolute atomic E-state index is 0.161. The van der Waals surface area contributed by atoms with Crippen LogP contribution in [-0.2, 0) is 4.74 Å². The van der Waals surface area contributed by atoms with E-state index in [1.165, 1.54) is 31.3 Å². The van der Waals surface area contributed by atoms with E-state index in [4.69, 9.17) is 4.74 Å². The first-order valence-electron chi connectivity index (χ1n) is 6.75. The maximum absolute atomic E-state index is 5.39. The molecule has 0 radical (unpaired) electrons. The Morgan fingerprint density at radius 2 is 2.00 bits per heavy atom. The van der Waals surface area contributed by atoms with Crippen LogP contribution in [0.5, 0.6) is 0 Å². The molecule has 0 saturated heterocycles. The Labute approximate surface area is 105 Å². The molecule has 2 aliphatic carbocycles. The summed E-state index contributed by atoms with van der Waals surface area (Å²) >= 11 is 0. The van der Waals surface area contributed by atoms with Gasteiger partial charge in [-0.1, -0.05) is 37.8 Å². The summed E-state index contributed by atoms with van der Waals surface area (Å²) in [5.74, 6) is 4.49. The molecule has 0 bridgehead atoms. The van der Waals surface area contributed by atoms with Crippen LogP contribution in [0.1, 0.15) is 46.0 Å². The van der Waals surface area contributed by atoms with Gasteiger partial charge in [0.25, 0.3) is 0 Å². The highest BCUT2D eigenvalue weighted by Crippen LogP contribution is 2.34. The van der Waals surface area contributed by atoms with Gasteiger partial charge in [-0.25, -0.2) is 0 Å². The molecule has 0 amide bonds. The largest absolute Gasteiger partial charge is 0.439 e. The Hall–Kier alpha value is -1.16. The SMILES string of the molecule is CC#COC1C=CC(C2CCC(C)CC2)=CC1. The molecule has 0 aliphatic heterocycles. The smallest absolute Gasteiger partial charge is 0.132 e. The maximum atomic E-state index is 5.39. The fraction of sp³-hybridized carbons (Fsp3) is 0.625. The average molecular weight is 230 g/mol. The molecule has 17 heavy (non-hydrogen) atoms. The van der Waals surface area contributed by atoms with Crippen molar-refractivity contribution in [3.8, 4) is 12.0 Å². The minimum Gasteiger partial charge on any atom is -0.439 e. The number of hydrogen-bond donors (Lipinski definition) is 0. The van der Waals surface area contributed by atoms with Crippen molar-refractivity contribution in [1.82, 2.24) is 0 Å². The first-order chi connectivity index (χ1) is 8.29. The van der Waals surface area contributed by atoms with Gasteiger partial charge >= 0.3 is 0 Å². The van der Waals surface area contributed by atoms with Crippen molar-refractivity contribution in [3.05, 3.63) is 23.8 Å². The average Bonchev–Trinajstić information content (AvgIpc) is 2.38. The van der Waals surface area contributed by atoms with Crippen molar-refractivity contribution in [2.24, 2.45) is 11.8 Å². The van der Waals surface area contributed by atoms with Crippen LogP contribution in [0.15, 0.2) is 23.8 Å². The van der Waals surface area contributed by atoms with Gasteiger partial charge in [-0.15, -0.1) is 0 Å². The molecule has 2 aliphatic rings. The highest BCUT2D eigenvalue weighted by atomic mass is 16.5. The number of allylic oxidation sites excluding steroid dienone is 2. The van der Waals surface area contributed by atoms with Gasteiger partial charge in [-0.05, 0) is 36.3 Å². The molecule has 0 heterocycles. The third-order valence-electron chi connectivity index (χ3n) is 3.89. The number of hydrogen-bond acceptors (Lipinski definition) is 1. The van der Waals surface area contributed by atoms with Crippen molar-refractivity contribution in [3.63, 3.8) is 0 Å². The molecular weight excluding hydrogens is 208 g/mol. The molecular formula is C16H22O. The third-order valence-corrected chi connectivity index (χ3v) is 3.89. The van der Waals surface area contributed by atoms with E-state index >= 15 is 0 Å². The molecule has 92 valence electrons. The molecule has 1 heteroatoms. The van der Waals surface area contributed by atoms with Crippen molar-refractivity contribution < 1.29 is 4.74 Å². The Morgan fingerprint density at radius 3 is 2.59 bits per heavy atom. The van der Waals surface area contributed by atoms with Crippen LogP contribution in [0.2, 0.25) is 0 Å². The standard InChI is InChI=1S/C16H22O/c1-3-12-17-16-10-8-15(9-11-16)14-6-4-13(2)5-7-14/h8-10,13-14,16H,4-7,11H2,1-2H3. The maximum Gasteiger partial charge on any atom is 0.132 e. The summed E-state index contributed by atoms with van der Waals surface area (Å²) in [5.41, 5.74) is 1.53. The quantitative estimate of drug-likeness (QED) is 0.650. The van der Waals surface area contributed by atoms with E-state index in [1.807, 2.05) is 0 Å². The van der Waals surface area contributed by atoms with E-state index in [0.717, 1.165) is 18.3 Å². The molecule has 1 fully saturated rings. The second kappa shape index (κ2) is 5.96. The number of rotatable bonds is 2. The molecule has 1 nitrogen and oxygen atoms in total. The Balaban J connectivity index is 1.86. The molecule has 0 N–H and O–H groups in total. The van der Waals surface area contributed by atoms with Crippen LogP contribution in [-0.4, -0.2) is 6.10 Å². The molecule has 0 aromatic rings. The lowest BCUT2D eigenvalue weighted by atomic mass is 9.78. The summed E-state index contributed by atoms with van der Waals surface area (Å²) in [5, 5.41) is 0. The first-order valence-corrected chi connectivity index (χ1v) is 6.75. The van der Waals surface area contributed by atoms with Crippen LogP contribution in [0.4, 0.5) is 0 Å². The van der Waals surface area contributed by atoms with Gasteiger partial charge in [-0.3, -0.25) is 0 Å². The molecule has 1 atom stereocenters. The van der Waals surface area contributed by atoms with E-state index in [-0.39, 0.29) is 6.10 Å². The first kappa shape index (κ1) is 12.3. The summed E-state index contributed by atoms with van der Waals surface area (Å²) in [7, 11) is 0. The highest BCUT2D eigenvalue weighted by molar-refractivity contribution is 5.27. The molecule has 1 unspecified atom stereocenters. The fourth-order valence-electron chi connectivity index (χ4n) is 2.74. The van der Waals surface area contributed by atoms with Gasteiger partial charge in [0.1, 0.15) is 12.2 Å². The van der Waals surface area contributed by atoms with E-state index < -0.39 is 0 Å². The zero-order chi connectivity index (χ0) is 12.1. The zero-order valence-corrected chi connectivity index (χ0v) is 10.9. The van der Waals surface area contributed by atoms with Crippen molar-refractivity contribution in [2.45, 2.75) is 52.1 Å². The van der Waals surface area contributed by atoms with Crippen LogP contribution in [0.3, 0.4) is 0 Å². The summed E-state index contributed by atoms with van der Waals surface area (Å²) in [6, 6.07) is 0. The Bertz CT molecular complexity index is 359. The highest BCUT2D eigenvalue weighted by Gasteiger charge is 2.22. The van der Waals surface area contributed by atoms with E-state index in [2.05, 4.69) is 37.2 Å². The summed E-state index contributed by atoms with van der Waals surface area (Å²) in [6.45, 7) is 4.17. The van der Waals surface area contributed by atoms with Gasteiger partial charge in [0.2, 0.25) is 0 Å². The van der Waals surface area contributed by atoms with E-state index in [9.17, 15) is 0 Å². The lowest BCUT2D eigenvalue weighted by Crippen LogP contribution is -2.16. The van der Waals surface area contributed by atoms with Crippen molar-refractivity contribution >= 4 is 0 Å². The molecule has 0 aromatic carbocycles.